The lowest BCUT2D eigenvalue weighted by atomic mass is 9.44. The van der Waals surface area contributed by atoms with Crippen LogP contribution < -0.4 is 5.73 Å². The maximum atomic E-state index is 12.7. The fraction of sp³-hybridized carbons (Fsp3) is 0.870. The van der Waals surface area contributed by atoms with E-state index < -0.39 is 10.8 Å². The zero-order valence-corrected chi connectivity index (χ0v) is 18.0. The molecule has 0 heterocycles. The SMILES string of the molecule is C=C1CC2C3CCC(=O)[C@@]3(C)CCC2[C@@]2(C)CC[C@@H](S(=O)CCCN)C[C@H]12. The molecule has 4 rings (SSSR count). The normalized spacial score (nSPS) is 47.9. The van der Waals surface area contributed by atoms with Crippen LogP contribution in [0.15, 0.2) is 12.2 Å². The van der Waals surface area contributed by atoms with Crippen molar-refractivity contribution < 1.29 is 9.00 Å². The van der Waals surface area contributed by atoms with Gasteiger partial charge in [-0.15, -0.1) is 0 Å². The Balaban J connectivity index is 1.55. The Morgan fingerprint density at radius 2 is 1.96 bits per heavy atom. The van der Waals surface area contributed by atoms with Crippen LogP contribution in [0.1, 0.15) is 71.6 Å². The van der Waals surface area contributed by atoms with Crippen molar-refractivity contribution in [2.75, 3.05) is 12.3 Å². The molecule has 4 unspecified atom stereocenters. The van der Waals surface area contributed by atoms with Gasteiger partial charge in [-0.1, -0.05) is 26.0 Å². The van der Waals surface area contributed by atoms with E-state index in [9.17, 15) is 9.00 Å². The Morgan fingerprint density at radius 1 is 1.19 bits per heavy atom. The maximum absolute atomic E-state index is 12.7. The summed E-state index contributed by atoms with van der Waals surface area (Å²) in [5.41, 5.74) is 7.24. The molecule has 8 atom stereocenters. The average Bonchev–Trinajstić information content (AvgIpc) is 2.95. The van der Waals surface area contributed by atoms with Gasteiger partial charge >= 0.3 is 0 Å². The molecule has 4 saturated carbocycles. The first-order chi connectivity index (χ1) is 12.8. The molecule has 0 aliphatic heterocycles. The van der Waals surface area contributed by atoms with Crippen LogP contribution in [0.3, 0.4) is 0 Å². The topological polar surface area (TPSA) is 60.2 Å². The fourth-order valence-electron chi connectivity index (χ4n) is 7.61. The van der Waals surface area contributed by atoms with E-state index in [4.69, 9.17) is 5.73 Å². The molecule has 4 heteroatoms. The first-order valence-corrected chi connectivity index (χ1v) is 12.5. The number of hydrogen-bond donors (Lipinski definition) is 1. The Hall–Kier alpha value is -0.480. The molecule has 4 aliphatic rings. The second-order valence-corrected chi connectivity index (χ2v) is 12.2. The molecule has 0 radical (unpaired) electrons. The summed E-state index contributed by atoms with van der Waals surface area (Å²) in [5.74, 6) is 3.71. The number of allylic oxidation sites excluding steroid dienone is 1. The zero-order valence-electron chi connectivity index (χ0n) is 17.2. The molecule has 0 aromatic carbocycles. The molecular weight excluding hydrogens is 354 g/mol. The molecule has 0 aromatic rings. The predicted molar refractivity (Wildman–Crippen MR) is 112 cm³/mol. The van der Waals surface area contributed by atoms with Crippen LogP contribution in [0.25, 0.3) is 0 Å². The summed E-state index contributed by atoms with van der Waals surface area (Å²) in [7, 11) is -0.746. The van der Waals surface area contributed by atoms with Crippen LogP contribution in [0.5, 0.6) is 0 Å². The number of carbonyl (C=O) groups excluding carboxylic acids is 1. The summed E-state index contributed by atoms with van der Waals surface area (Å²) >= 11 is 0. The summed E-state index contributed by atoms with van der Waals surface area (Å²) < 4.78 is 12.7. The molecule has 0 aromatic heterocycles. The third-order valence-electron chi connectivity index (χ3n) is 9.20. The predicted octanol–water partition coefficient (Wildman–Crippen LogP) is 4.23. The molecular formula is C23H37NO2S. The lowest BCUT2D eigenvalue weighted by Crippen LogP contribution is -2.55. The van der Waals surface area contributed by atoms with Gasteiger partial charge in [0, 0.05) is 33.6 Å². The van der Waals surface area contributed by atoms with Crippen LogP contribution in [0.4, 0.5) is 0 Å². The molecule has 2 N–H and O–H groups in total. The van der Waals surface area contributed by atoms with Gasteiger partial charge in [-0.25, -0.2) is 0 Å². The molecule has 27 heavy (non-hydrogen) atoms. The van der Waals surface area contributed by atoms with Crippen LogP contribution in [-0.4, -0.2) is 27.5 Å². The quantitative estimate of drug-likeness (QED) is 0.730. The number of rotatable bonds is 4. The number of fused-ring (bicyclic) bond motifs is 5. The number of hydrogen-bond acceptors (Lipinski definition) is 3. The highest BCUT2D eigenvalue weighted by molar-refractivity contribution is 7.85. The molecule has 4 fully saturated rings. The minimum Gasteiger partial charge on any atom is -0.330 e. The van der Waals surface area contributed by atoms with Gasteiger partial charge in [-0.3, -0.25) is 9.00 Å². The highest BCUT2D eigenvalue weighted by Crippen LogP contribution is 2.66. The van der Waals surface area contributed by atoms with Crippen molar-refractivity contribution in [2.45, 2.75) is 76.9 Å². The maximum Gasteiger partial charge on any atom is 0.139 e. The largest absolute Gasteiger partial charge is 0.330 e. The van der Waals surface area contributed by atoms with E-state index in [1.54, 1.807) is 0 Å². The van der Waals surface area contributed by atoms with Gasteiger partial charge in [0.1, 0.15) is 5.78 Å². The first-order valence-electron chi connectivity index (χ1n) is 11.1. The van der Waals surface area contributed by atoms with E-state index in [1.165, 1.54) is 18.4 Å². The van der Waals surface area contributed by atoms with Gasteiger partial charge in [0.25, 0.3) is 0 Å². The van der Waals surface area contributed by atoms with Gasteiger partial charge in [0.2, 0.25) is 0 Å². The average molecular weight is 392 g/mol. The fourth-order valence-corrected chi connectivity index (χ4v) is 9.18. The van der Waals surface area contributed by atoms with Crippen molar-refractivity contribution in [1.29, 1.82) is 0 Å². The van der Waals surface area contributed by atoms with E-state index in [0.717, 1.165) is 56.6 Å². The van der Waals surface area contributed by atoms with Crippen LogP contribution in [0.2, 0.25) is 0 Å². The van der Waals surface area contributed by atoms with E-state index in [0.29, 0.717) is 40.7 Å². The van der Waals surface area contributed by atoms with Crippen molar-refractivity contribution in [3.8, 4) is 0 Å². The first kappa shape index (κ1) is 19.8. The molecule has 0 bridgehead atoms. The number of Topliss-reactive ketones (excluding diaryl/α,β-unsaturated/α-hetero) is 1. The van der Waals surface area contributed by atoms with Gasteiger partial charge in [0.05, 0.1) is 0 Å². The summed E-state index contributed by atoms with van der Waals surface area (Å²) in [6, 6.07) is 0. The van der Waals surface area contributed by atoms with Crippen LogP contribution >= 0.6 is 0 Å². The van der Waals surface area contributed by atoms with E-state index >= 15 is 0 Å². The summed E-state index contributed by atoms with van der Waals surface area (Å²) in [6.07, 6.45) is 9.44. The van der Waals surface area contributed by atoms with Gasteiger partial charge in [0.15, 0.2) is 0 Å². The molecule has 3 nitrogen and oxygen atoms in total. The van der Waals surface area contributed by atoms with E-state index in [1.807, 2.05) is 0 Å². The Kier molecular flexibility index (Phi) is 5.20. The van der Waals surface area contributed by atoms with Crippen molar-refractivity contribution in [2.24, 2.45) is 40.2 Å². The van der Waals surface area contributed by atoms with Crippen molar-refractivity contribution in [1.82, 2.24) is 0 Å². The highest BCUT2D eigenvalue weighted by atomic mass is 32.2. The lowest BCUT2D eigenvalue weighted by Gasteiger charge is -2.60. The highest BCUT2D eigenvalue weighted by Gasteiger charge is 2.61. The lowest BCUT2D eigenvalue weighted by molar-refractivity contribution is -0.135. The minimum absolute atomic E-state index is 0.0639. The molecule has 0 saturated heterocycles. The van der Waals surface area contributed by atoms with Crippen LogP contribution in [-0.2, 0) is 15.6 Å². The summed E-state index contributed by atoms with van der Waals surface area (Å²) in [6.45, 7) is 9.92. The van der Waals surface area contributed by atoms with Gasteiger partial charge in [-0.2, -0.15) is 0 Å². The second-order valence-electron chi connectivity index (χ2n) is 10.3. The number of carbonyl (C=O) groups is 1. The van der Waals surface area contributed by atoms with Crippen molar-refractivity contribution in [3.63, 3.8) is 0 Å². The monoisotopic (exact) mass is 391 g/mol. The van der Waals surface area contributed by atoms with Gasteiger partial charge in [-0.05, 0) is 87.0 Å². The van der Waals surface area contributed by atoms with E-state index in [-0.39, 0.29) is 5.41 Å². The van der Waals surface area contributed by atoms with E-state index in [2.05, 4.69) is 20.4 Å². The molecule has 152 valence electrons. The van der Waals surface area contributed by atoms with Crippen molar-refractivity contribution in [3.05, 3.63) is 12.2 Å². The standard InChI is InChI=1S/C23H37NO2S/c1-15-13-17-18-5-6-21(25)23(18,3)10-8-19(17)22(2)9-7-16(14-20(15)22)27(26)12-4-11-24/h16-20H,1,4-14,24H2,2-3H3/t16-,17?,18?,19?,20-,22-,23+,27?/m1/s1. The summed E-state index contributed by atoms with van der Waals surface area (Å²) in [4.78, 5) is 12.6. The Labute approximate surface area is 167 Å². The second kappa shape index (κ2) is 7.09. The summed E-state index contributed by atoms with van der Waals surface area (Å²) in [5, 5.41) is 0.324. The van der Waals surface area contributed by atoms with Crippen LogP contribution in [0, 0.1) is 34.5 Å². The molecule has 4 aliphatic carbocycles. The number of nitrogens with two attached hydrogens (primary N) is 1. The Morgan fingerprint density at radius 3 is 2.70 bits per heavy atom. The zero-order chi connectivity index (χ0) is 19.4. The third kappa shape index (κ3) is 3.01. The van der Waals surface area contributed by atoms with Crippen molar-refractivity contribution >= 4 is 16.6 Å². The smallest absolute Gasteiger partial charge is 0.139 e. The minimum atomic E-state index is -0.746. The third-order valence-corrected chi connectivity index (χ3v) is 11.1. The Bertz CT molecular complexity index is 661. The molecule has 0 amide bonds. The molecule has 0 spiro atoms. The number of ketones is 1. The van der Waals surface area contributed by atoms with Gasteiger partial charge < -0.3 is 5.73 Å².